The lowest BCUT2D eigenvalue weighted by atomic mass is 10.0. The lowest BCUT2D eigenvalue weighted by Crippen LogP contribution is -2.35. The van der Waals surface area contributed by atoms with Crippen LogP contribution in [0.5, 0.6) is 0 Å². The van der Waals surface area contributed by atoms with Crippen molar-refractivity contribution >= 4 is 11.6 Å². The molecule has 0 bridgehead atoms. The summed E-state index contributed by atoms with van der Waals surface area (Å²) < 4.78 is 0. The van der Waals surface area contributed by atoms with Crippen molar-refractivity contribution in [3.8, 4) is 0 Å². The van der Waals surface area contributed by atoms with E-state index in [0.29, 0.717) is 12.6 Å². The van der Waals surface area contributed by atoms with E-state index in [0.717, 1.165) is 42.7 Å². The second kappa shape index (κ2) is 4.37. The van der Waals surface area contributed by atoms with Gasteiger partial charge in [0.15, 0.2) is 0 Å². The van der Waals surface area contributed by atoms with Crippen LogP contribution in [0.1, 0.15) is 28.8 Å². The standard InChI is InChI=1S/C13H17N3O/c17-13-10-2-1-3-12(11(10)8-15-13)16-9-4-6-14-7-5-9/h1-3,9,14,16H,4-8H2,(H,15,17). The summed E-state index contributed by atoms with van der Waals surface area (Å²) in [5.41, 5.74) is 3.06. The molecule has 2 aliphatic rings. The Balaban J connectivity index is 1.81. The second-order valence-corrected chi connectivity index (χ2v) is 4.68. The first-order chi connectivity index (χ1) is 8.34. The summed E-state index contributed by atoms with van der Waals surface area (Å²) in [5, 5.41) is 9.79. The highest BCUT2D eigenvalue weighted by molar-refractivity contribution is 6.00. The van der Waals surface area contributed by atoms with Gasteiger partial charge in [0.1, 0.15) is 0 Å². The minimum Gasteiger partial charge on any atom is -0.382 e. The monoisotopic (exact) mass is 231 g/mol. The molecular formula is C13H17N3O. The Morgan fingerprint density at radius 1 is 1.24 bits per heavy atom. The highest BCUT2D eigenvalue weighted by Gasteiger charge is 2.22. The summed E-state index contributed by atoms with van der Waals surface area (Å²) in [5.74, 6) is 0.0500. The summed E-state index contributed by atoms with van der Waals surface area (Å²) in [6.07, 6.45) is 2.29. The molecule has 0 spiro atoms. The van der Waals surface area contributed by atoms with Crippen LogP contribution in [-0.4, -0.2) is 25.0 Å². The zero-order valence-electron chi connectivity index (χ0n) is 9.75. The molecule has 0 aliphatic carbocycles. The molecule has 0 atom stereocenters. The van der Waals surface area contributed by atoms with Crippen molar-refractivity contribution in [2.75, 3.05) is 18.4 Å². The molecule has 0 saturated carbocycles. The average Bonchev–Trinajstić information content (AvgIpc) is 2.74. The van der Waals surface area contributed by atoms with E-state index in [1.54, 1.807) is 0 Å². The van der Waals surface area contributed by atoms with E-state index < -0.39 is 0 Å². The smallest absolute Gasteiger partial charge is 0.251 e. The molecule has 0 unspecified atom stereocenters. The molecule has 1 amide bonds. The zero-order valence-corrected chi connectivity index (χ0v) is 9.75. The van der Waals surface area contributed by atoms with Crippen LogP contribution in [0.15, 0.2) is 18.2 Å². The Morgan fingerprint density at radius 3 is 2.88 bits per heavy atom. The van der Waals surface area contributed by atoms with E-state index in [9.17, 15) is 4.79 Å². The minimum absolute atomic E-state index is 0.0500. The summed E-state index contributed by atoms with van der Waals surface area (Å²) in [6.45, 7) is 2.80. The van der Waals surface area contributed by atoms with Gasteiger partial charge in [-0.2, -0.15) is 0 Å². The number of amides is 1. The van der Waals surface area contributed by atoms with Gasteiger partial charge in [0.2, 0.25) is 0 Å². The van der Waals surface area contributed by atoms with Gasteiger partial charge in [-0.1, -0.05) is 6.07 Å². The SMILES string of the molecule is O=C1NCc2c(NC3CCNCC3)cccc21. The fraction of sp³-hybridized carbons (Fsp3) is 0.462. The molecule has 2 aliphatic heterocycles. The molecule has 2 heterocycles. The van der Waals surface area contributed by atoms with Crippen LogP contribution >= 0.6 is 0 Å². The van der Waals surface area contributed by atoms with Gasteiger partial charge in [-0.3, -0.25) is 4.79 Å². The van der Waals surface area contributed by atoms with Crippen molar-refractivity contribution in [1.82, 2.24) is 10.6 Å². The van der Waals surface area contributed by atoms with Crippen LogP contribution in [-0.2, 0) is 6.54 Å². The predicted octanol–water partition coefficient (Wildman–Crippen LogP) is 1.09. The summed E-state index contributed by atoms with van der Waals surface area (Å²) in [6, 6.07) is 6.44. The third kappa shape index (κ3) is 2.00. The van der Waals surface area contributed by atoms with Crippen molar-refractivity contribution < 1.29 is 4.79 Å². The van der Waals surface area contributed by atoms with Crippen molar-refractivity contribution in [2.45, 2.75) is 25.4 Å². The Kier molecular flexibility index (Phi) is 2.73. The van der Waals surface area contributed by atoms with E-state index in [1.807, 2.05) is 12.1 Å². The first kappa shape index (κ1) is 10.6. The molecule has 90 valence electrons. The number of fused-ring (bicyclic) bond motifs is 1. The number of hydrogen-bond donors (Lipinski definition) is 3. The van der Waals surface area contributed by atoms with Crippen LogP contribution in [0.2, 0.25) is 0 Å². The van der Waals surface area contributed by atoms with Crippen LogP contribution in [0.4, 0.5) is 5.69 Å². The minimum atomic E-state index is 0.0500. The lowest BCUT2D eigenvalue weighted by Gasteiger charge is -2.25. The molecule has 1 fully saturated rings. The highest BCUT2D eigenvalue weighted by Crippen LogP contribution is 2.25. The van der Waals surface area contributed by atoms with Gasteiger partial charge in [-0.05, 0) is 38.1 Å². The summed E-state index contributed by atoms with van der Waals surface area (Å²) >= 11 is 0. The molecule has 0 radical (unpaired) electrons. The molecule has 1 saturated heterocycles. The molecule has 3 N–H and O–H groups in total. The maximum Gasteiger partial charge on any atom is 0.251 e. The highest BCUT2D eigenvalue weighted by atomic mass is 16.1. The number of anilines is 1. The Hall–Kier alpha value is -1.55. The fourth-order valence-electron chi connectivity index (χ4n) is 2.58. The second-order valence-electron chi connectivity index (χ2n) is 4.68. The average molecular weight is 231 g/mol. The topological polar surface area (TPSA) is 53.2 Å². The molecule has 4 heteroatoms. The van der Waals surface area contributed by atoms with Gasteiger partial charge in [0.25, 0.3) is 5.91 Å². The van der Waals surface area contributed by atoms with E-state index in [4.69, 9.17) is 0 Å². The van der Waals surface area contributed by atoms with Crippen LogP contribution in [0.25, 0.3) is 0 Å². The van der Waals surface area contributed by atoms with Gasteiger partial charge in [0, 0.05) is 29.4 Å². The van der Waals surface area contributed by atoms with Gasteiger partial charge in [-0.25, -0.2) is 0 Å². The van der Waals surface area contributed by atoms with Crippen LogP contribution < -0.4 is 16.0 Å². The van der Waals surface area contributed by atoms with E-state index in [1.165, 1.54) is 0 Å². The quantitative estimate of drug-likeness (QED) is 0.714. The van der Waals surface area contributed by atoms with Crippen LogP contribution in [0, 0.1) is 0 Å². The number of piperidine rings is 1. The summed E-state index contributed by atoms with van der Waals surface area (Å²) in [7, 11) is 0. The lowest BCUT2D eigenvalue weighted by molar-refractivity contribution is 0.0966. The van der Waals surface area contributed by atoms with Crippen molar-refractivity contribution in [3.63, 3.8) is 0 Å². The molecule has 17 heavy (non-hydrogen) atoms. The Bertz CT molecular complexity index is 438. The Morgan fingerprint density at radius 2 is 2.06 bits per heavy atom. The van der Waals surface area contributed by atoms with E-state index >= 15 is 0 Å². The molecule has 1 aromatic carbocycles. The van der Waals surface area contributed by atoms with Crippen molar-refractivity contribution in [3.05, 3.63) is 29.3 Å². The molecule has 4 nitrogen and oxygen atoms in total. The maximum absolute atomic E-state index is 11.6. The third-order valence-corrected chi connectivity index (χ3v) is 3.55. The van der Waals surface area contributed by atoms with Gasteiger partial charge in [-0.15, -0.1) is 0 Å². The van der Waals surface area contributed by atoms with Gasteiger partial charge in [0.05, 0.1) is 0 Å². The number of carbonyl (C=O) groups is 1. The van der Waals surface area contributed by atoms with E-state index in [-0.39, 0.29) is 5.91 Å². The van der Waals surface area contributed by atoms with Gasteiger partial charge >= 0.3 is 0 Å². The van der Waals surface area contributed by atoms with E-state index in [2.05, 4.69) is 22.0 Å². The molecule has 0 aromatic heterocycles. The molecule has 3 rings (SSSR count). The predicted molar refractivity (Wildman–Crippen MR) is 67.1 cm³/mol. The fourth-order valence-corrected chi connectivity index (χ4v) is 2.58. The largest absolute Gasteiger partial charge is 0.382 e. The Labute approximate surface area is 101 Å². The third-order valence-electron chi connectivity index (χ3n) is 3.55. The number of benzene rings is 1. The first-order valence-corrected chi connectivity index (χ1v) is 6.22. The van der Waals surface area contributed by atoms with Crippen molar-refractivity contribution in [2.24, 2.45) is 0 Å². The molecule has 1 aromatic rings. The summed E-state index contributed by atoms with van der Waals surface area (Å²) in [4.78, 5) is 11.6. The first-order valence-electron chi connectivity index (χ1n) is 6.22. The number of hydrogen-bond acceptors (Lipinski definition) is 3. The van der Waals surface area contributed by atoms with Crippen LogP contribution in [0.3, 0.4) is 0 Å². The number of rotatable bonds is 2. The zero-order chi connectivity index (χ0) is 11.7. The molecular weight excluding hydrogens is 214 g/mol. The number of nitrogens with one attached hydrogen (secondary N) is 3. The number of carbonyl (C=O) groups excluding carboxylic acids is 1. The maximum atomic E-state index is 11.6. The van der Waals surface area contributed by atoms with Gasteiger partial charge < -0.3 is 16.0 Å². The normalized spacial score (nSPS) is 19.9. The van der Waals surface area contributed by atoms with Crippen molar-refractivity contribution in [1.29, 1.82) is 0 Å².